The van der Waals surface area contributed by atoms with Crippen molar-refractivity contribution < 1.29 is 22.7 Å². The second-order valence-electron chi connectivity index (χ2n) is 5.42. The third-order valence-electron chi connectivity index (χ3n) is 3.51. The molecule has 1 amide bonds. The SMILES string of the molecule is CN(CCOC(F)(F)F)/N=N/c1nc[nH]c1C(=O)NC1CCCC1. The van der Waals surface area contributed by atoms with Gasteiger partial charge in [0, 0.05) is 13.1 Å². The fourth-order valence-electron chi connectivity index (χ4n) is 2.31. The molecule has 8 nitrogen and oxygen atoms in total. The Balaban J connectivity index is 1.86. The minimum absolute atomic E-state index is 0.0779. The van der Waals surface area contributed by atoms with Gasteiger partial charge in [0.25, 0.3) is 5.91 Å². The smallest absolute Gasteiger partial charge is 0.348 e. The van der Waals surface area contributed by atoms with Gasteiger partial charge in [-0.2, -0.15) is 0 Å². The number of carbonyl (C=O) groups is 1. The third kappa shape index (κ3) is 5.80. The highest BCUT2D eigenvalue weighted by atomic mass is 19.4. The number of ether oxygens (including phenoxy) is 1. The Kier molecular flexibility index (Phi) is 6.12. The normalized spacial score (nSPS) is 16.0. The number of halogens is 3. The van der Waals surface area contributed by atoms with Crippen LogP contribution >= 0.6 is 0 Å². The van der Waals surface area contributed by atoms with Crippen molar-refractivity contribution in [3.63, 3.8) is 0 Å². The number of imidazole rings is 1. The van der Waals surface area contributed by atoms with E-state index in [1.807, 2.05) is 0 Å². The molecule has 1 fully saturated rings. The van der Waals surface area contributed by atoms with Gasteiger partial charge in [-0.25, -0.2) is 4.98 Å². The number of aromatic amines is 1. The summed E-state index contributed by atoms with van der Waals surface area (Å²) in [5.74, 6) is -0.245. The summed E-state index contributed by atoms with van der Waals surface area (Å²) in [5.41, 5.74) is 0.172. The lowest BCUT2D eigenvalue weighted by Gasteiger charge is -2.12. The summed E-state index contributed by atoms with van der Waals surface area (Å²) < 4.78 is 39.3. The van der Waals surface area contributed by atoms with Gasteiger partial charge in [-0.3, -0.25) is 14.5 Å². The molecule has 1 heterocycles. The molecule has 0 aliphatic heterocycles. The highest BCUT2D eigenvalue weighted by Crippen LogP contribution is 2.20. The first-order valence-electron chi connectivity index (χ1n) is 7.53. The maximum Gasteiger partial charge on any atom is 0.522 e. The van der Waals surface area contributed by atoms with Crippen LogP contribution in [0.2, 0.25) is 0 Å². The summed E-state index contributed by atoms with van der Waals surface area (Å²) in [7, 11) is 1.44. The molecule has 0 radical (unpaired) electrons. The number of carbonyl (C=O) groups excluding carboxylic acids is 1. The molecular formula is C13H19F3N6O2. The molecule has 0 bridgehead atoms. The summed E-state index contributed by atoms with van der Waals surface area (Å²) >= 11 is 0. The first-order chi connectivity index (χ1) is 11.3. The summed E-state index contributed by atoms with van der Waals surface area (Å²) in [4.78, 5) is 18.8. The summed E-state index contributed by atoms with van der Waals surface area (Å²) in [5, 5.41) is 11.6. The van der Waals surface area contributed by atoms with E-state index >= 15 is 0 Å². The predicted molar refractivity (Wildman–Crippen MR) is 77.5 cm³/mol. The lowest BCUT2D eigenvalue weighted by atomic mass is 10.2. The van der Waals surface area contributed by atoms with Crippen molar-refractivity contribution in [2.75, 3.05) is 20.2 Å². The number of amides is 1. The molecule has 1 saturated carbocycles. The van der Waals surface area contributed by atoms with Gasteiger partial charge in [0.05, 0.1) is 19.5 Å². The minimum atomic E-state index is -4.67. The number of aromatic nitrogens is 2. The van der Waals surface area contributed by atoms with E-state index in [1.165, 1.54) is 18.4 Å². The van der Waals surface area contributed by atoms with Crippen LogP contribution in [-0.4, -0.2) is 53.5 Å². The van der Waals surface area contributed by atoms with E-state index in [1.54, 1.807) is 0 Å². The van der Waals surface area contributed by atoms with Gasteiger partial charge in [0.15, 0.2) is 5.69 Å². The molecule has 0 atom stereocenters. The molecule has 1 aromatic heterocycles. The molecule has 1 aromatic rings. The van der Waals surface area contributed by atoms with E-state index in [2.05, 4.69) is 30.4 Å². The van der Waals surface area contributed by atoms with Crippen LogP contribution in [0.1, 0.15) is 36.2 Å². The first-order valence-corrected chi connectivity index (χ1v) is 7.53. The van der Waals surface area contributed by atoms with E-state index in [4.69, 9.17) is 0 Å². The molecule has 11 heteroatoms. The van der Waals surface area contributed by atoms with Crippen molar-refractivity contribution in [3.8, 4) is 0 Å². The molecule has 1 aliphatic rings. The Morgan fingerprint density at radius 2 is 2.21 bits per heavy atom. The summed E-state index contributed by atoms with van der Waals surface area (Å²) in [6, 6.07) is 0.146. The molecule has 134 valence electrons. The van der Waals surface area contributed by atoms with E-state index in [0.29, 0.717) is 0 Å². The van der Waals surface area contributed by atoms with Gasteiger partial charge in [0.2, 0.25) is 5.82 Å². The highest BCUT2D eigenvalue weighted by Gasteiger charge is 2.28. The van der Waals surface area contributed by atoms with Crippen molar-refractivity contribution in [3.05, 3.63) is 12.0 Å². The van der Waals surface area contributed by atoms with Crippen LogP contribution in [0.3, 0.4) is 0 Å². The number of alkyl halides is 3. The number of hydrogen-bond acceptors (Lipinski definition) is 5. The Morgan fingerprint density at radius 1 is 1.50 bits per heavy atom. The van der Waals surface area contributed by atoms with E-state index in [0.717, 1.165) is 25.7 Å². The quantitative estimate of drug-likeness (QED) is 0.585. The summed E-state index contributed by atoms with van der Waals surface area (Å²) in [6.07, 6.45) is 0.699. The average molecular weight is 348 g/mol. The first kappa shape index (κ1) is 18.2. The lowest BCUT2D eigenvalue weighted by Crippen LogP contribution is -2.32. The van der Waals surface area contributed by atoms with Crippen molar-refractivity contribution in [2.45, 2.75) is 38.1 Å². The molecule has 1 aliphatic carbocycles. The molecule has 2 N–H and O–H groups in total. The minimum Gasteiger partial charge on any atom is -0.348 e. The highest BCUT2D eigenvalue weighted by molar-refractivity contribution is 5.96. The van der Waals surface area contributed by atoms with Gasteiger partial charge >= 0.3 is 6.36 Å². The van der Waals surface area contributed by atoms with Crippen LogP contribution in [-0.2, 0) is 4.74 Å². The van der Waals surface area contributed by atoms with Gasteiger partial charge in [0.1, 0.15) is 0 Å². The van der Waals surface area contributed by atoms with Gasteiger partial charge < -0.3 is 10.3 Å². The van der Waals surface area contributed by atoms with E-state index in [9.17, 15) is 18.0 Å². The van der Waals surface area contributed by atoms with Crippen molar-refractivity contribution >= 4 is 11.7 Å². The number of hydrogen-bond donors (Lipinski definition) is 2. The van der Waals surface area contributed by atoms with Crippen LogP contribution in [0.15, 0.2) is 16.7 Å². The van der Waals surface area contributed by atoms with Gasteiger partial charge in [-0.05, 0) is 12.8 Å². The Bertz CT molecular complexity index is 568. The van der Waals surface area contributed by atoms with Crippen molar-refractivity contribution in [2.24, 2.45) is 10.3 Å². The van der Waals surface area contributed by atoms with Crippen LogP contribution < -0.4 is 5.32 Å². The summed E-state index contributed by atoms with van der Waals surface area (Å²) in [6.45, 7) is -0.689. The number of likely N-dealkylation sites (N-methyl/N-ethyl adjacent to an activating group) is 1. The number of nitrogens with zero attached hydrogens (tertiary/aromatic N) is 4. The maximum absolute atomic E-state index is 12.2. The van der Waals surface area contributed by atoms with Crippen LogP contribution in [0.5, 0.6) is 0 Å². The van der Waals surface area contributed by atoms with Crippen LogP contribution in [0, 0.1) is 0 Å². The topological polar surface area (TPSA) is 95.0 Å². The molecule has 0 saturated heterocycles. The second kappa shape index (κ2) is 8.08. The Labute approximate surface area is 136 Å². The van der Waals surface area contributed by atoms with E-state index in [-0.39, 0.29) is 30.0 Å². The van der Waals surface area contributed by atoms with Crippen molar-refractivity contribution in [1.29, 1.82) is 0 Å². The molecule has 2 rings (SSSR count). The molecule has 0 spiro atoms. The molecular weight excluding hydrogens is 329 g/mol. The fraction of sp³-hybridized carbons (Fsp3) is 0.692. The Hall–Kier alpha value is -2.17. The average Bonchev–Trinajstić information content (AvgIpc) is 3.14. The maximum atomic E-state index is 12.2. The predicted octanol–water partition coefficient (Wildman–Crippen LogP) is 2.55. The number of nitrogens with one attached hydrogen (secondary N) is 2. The fourth-order valence-corrected chi connectivity index (χ4v) is 2.31. The van der Waals surface area contributed by atoms with Gasteiger partial charge in [-0.15, -0.1) is 18.3 Å². The molecule has 24 heavy (non-hydrogen) atoms. The molecule has 0 aromatic carbocycles. The molecule has 0 unspecified atom stereocenters. The lowest BCUT2D eigenvalue weighted by molar-refractivity contribution is -0.324. The van der Waals surface area contributed by atoms with Crippen LogP contribution in [0.25, 0.3) is 0 Å². The monoisotopic (exact) mass is 348 g/mol. The Morgan fingerprint density at radius 3 is 2.88 bits per heavy atom. The number of H-pyrrole nitrogens is 1. The number of rotatable bonds is 7. The second-order valence-corrected chi connectivity index (χ2v) is 5.42. The zero-order valence-corrected chi connectivity index (χ0v) is 13.1. The standard InChI is InChI=1S/C13H19F3N6O2/c1-22(6-7-24-13(14,15)16)21-20-11-10(17-8-18-11)12(23)19-9-4-2-3-5-9/h8-9H,2-7H2,1H3,(H,17,18)(H,19,23)/b21-20+. The zero-order valence-electron chi connectivity index (χ0n) is 13.1. The van der Waals surface area contributed by atoms with E-state index < -0.39 is 13.0 Å². The van der Waals surface area contributed by atoms with Gasteiger partial charge in [-0.1, -0.05) is 18.1 Å². The zero-order chi connectivity index (χ0) is 17.6. The largest absolute Gasteiger partial charge is 0.522 e. The third-order valence-corrected chi connectivity index (χ3v) is 3.51. The van der Waals surface area contributed by atoms with Crippen molar-refractivity contribution in [1.82, 2.24) is 20.3 Å². The van der Waals surface area contributed by atoms with Crippen LogP contribution in [0.4, 0.5) is 19.0 Å².